The fourth-order valence-electron chi connectivity index (χ4n) is 9.37. The third-order valence-corrected chi connectivity index (χ3v) is 13.6. The van der Waals surface area contributed by atoms with Crippen molar-refractivity contribution in [3.05, 3.63) is 101 Å². The Bertz CT molecular complexity index is 2540. The molecule has 1 aliphatic carbocycles. The topological polar surface area (TPSA) is 161 Å². The number of nitrogens with one attached hydrogen (secondary N) is 1. The molecule has 2 saturated heterocycles. The van der Waals surface area contributed by atoms with Crippen molar-refractivity contribution < 1.29 is 24.2 Å². The molecule has 1 spiro atoms. The number of ether oxygens (including phenoxy) is 2. The molecule has 6 aromatic rings. The number of amides is 2. The van der Waals surface area contributed by atoms with Crippen molar-refractivity contribution in [1.82, 2.24) is 40.4 Å². The van der Waals surface area contributed by atoms with E-state index in [4.69, 9.17) is 9.47 Å². The van der Waals surface area contributed by atoms with E-state index in [1.807, 2.05) is 94.0 Å². The maximum Gasteiger partial charge on any atom is 0.248 e. The lowest BCUT2D eigenvalue weighted by Crippen LogP contribution is -2.62. The number of thiazole rings is 1. The SMILES string of the molecule is COCOc1ccccc1-c1cc2ccc(N3CC4(CC(c5cn(C(C(=O)N6C[C@H](O)C[C@H]6C(=O)NC(C)c6ccc(-c7scnc7C)cc6)C(C)C)nn5)C4)C3)cc2nn1. The molecule has 2 unspecified atom stereocenters. The van der Waals surface area contributed by atoms with Crippen molar-refractivity contribution in [3.8, 4) is 27.4 Å². The highest BCUT2D eigenvalue weighted by atomic mass is 32.1. The van der Waals surface area contributed by atoms with E-state index >= 15 is 0 Å². The van der Waals surface area contributed by atoms with Crippen LogP contribution in [-0.4, -0.2) is 97.7 Å². The van der Waals surface area contributed by atoms with Crippen LogP contribution in [0.4, 0.5) is 5.69 Å². The molecular weight excluding hydrogens is 791 g/mol. The summed E-state index contributed by atoms with van der Waals surface area (Å²) < 4.78 is 12.5. The fraction of sp³-hybridized carbons (Fsp3) is 0.413. The molecule has 15 heteroatoms. The summed E-state index contributed by atoms with van der Waals surface area (Å²) in [6.07, 6.45) is 3.29. The molecule has 0 bridgehead atoms. The Kier molecular flexibility index (Phi) is 11.1. The molecule has 3 aromatic carbocycles. The minimum atomic E-state index is -0.797. The number of fused-ring (bicyclic) bond motifs is 1. The van der Waals surface area contributed by atoms with Crippen LogP contribution < -0.4 is 15.0 Å². The molecule has 0 radical (unpaired) electrons. The van der Waals surface area contributed by atoms with E-state index in [1.54, 1.807) is 23.1 Å². The molecule has 3 aromatic heterocycles. The van der Waals surface area contributed by atoms with E-state index in [2.05, 4.69) is 53.9 Å². The number of β-amino-alcohol motifs (C(OH)–C–C–N with tert-alkyl or cyclic N) is 1. The second-order valence-electron chi connectivity index (χ2n) is 17.3. The average molecular weight is 842 g/mol. The van der Waals surface area contributed by atoms with Crippen molar-refractivity contribution in [2.45, 2.75) is 77.1 Å². The number of carbonyl (C=O) groups excluding carboxylic acids is 2. The number of hydrogen-bond donors (Lipinski definition) is 2. The van der Waals surface area contributed by atoms with E-state index < -0.39 is 18.2 Å². The highest BCUT2D eigenvalue weighted by Crippen LogP contribution is 2.56. The first-order valence-electron chi connectivity index (χ1n) is 20.9. The third kappa shape index (κ3) is 7.97. The van der Waals surface area contributed by atoms with Gasteiger partial charge in [-0.25, -0.2) is 9.67 Å². The number of aliphatic hydroxyl groups excluding tert-OH is 1. The van der Waals surface area contributed by atoms with E-state index in [1.165, 1.54) is 4.90 Å². The number of likely N-dealkylation sites (tertiary alicyclic amines) is 1. The maximum absolute atomic E-state index is 14.3. The van der Waals surface area contributed by atoms with E-state index in [0.717, 1.165) is 81.2 Å². The van der Waals surface area contributed by atoms with Gasteiger partial charge in [-0.2, -0.15) is 0 Å². The quantitative estimate of drug-likeness (QED) is 0.119. The van der Waals surface area contributed by atoms with Crippen molar-refractivity contribution in [3.63, 3.8) is 0 Å². The highest BCUT2D eigenvalue weighted by Gasteiger charge is 2.53. The summed E-state index contributed by atoms with van der Waals surface area (Å²) in [5.41, 5.74) is 9.52. The molecule has 316 valence electrons. The molecule has 61 heavy (non-hydrogen) atoms. The predicted molar refractivity (Wildman–Crippen MR) is 233 cm³/mol. The molecule has 3 aliphatic rings. The summed E-state index contributed by atoms with van der Waals surface area (Å²) in [5.74, 6) is 0.300. The van der Waals surface area contributed by atoms with Crippen LogP contribution in [0.1, 0.15) is 75.0 Å². The summed E-state index contributed by atoms with van der Waals surface area (Å²) in [6, 6.07) is 22.5. The van der Waals surface area contributed by atoms with Gasteiger partial charge in [0, 0.05) is 67.3 Å². The minimum Gasteiger partial charge on any atom is -0.467 e. The van der Waals surface area contributed by atoms with Gasteiger partial charge in [-0.3, -0.25) is 9.59 Å². The fourth-order valence-corrected chi connectivity index (χ4v) is 10.2. The Morgan fingerprint density at radius 1 is 1.00 bits per heavy atom. The molecule has 2 amide bonds. The number of methoxy groups -OCH3 is 1. The number of aryl methyl sites for hydroxylation is 1. The van der Waals surface area contributed by atoms with Crippen LogP contribution in [0.3, 0.4) is 0 Å². The van der Waals surface area contributed by atoms with Crippen LogP contribution in [-0.2, 0) is 14.3 Å². The highest BCUT2D eigenvalue weighted by molar-refractivity contribution is 7.13. The summed E-state index contributed by atoms with van der Waals surface area (Å²) >= 11 is 1.60. The first-order valence-corrected chi connectivity index (χ1v) is 21.8. The molecular formula is C46H51N9O5S. The number of anilines is 1. The van der Waals surface area contributed by atoms with Gasteiger partial charge >= 0.3 is 0 Å². The Balaban J connectivity index is 0.810. The number of aliphatic hydroxyl groups is 1. The normalized spacial score (nSPS) is 19.5. The largest absolute Gasteiger partial charge is 0.467 e. The van der Waals surface area contributed by atoms with Crippen molar-refractivity contribution in [1.29, 1.82) is 0 Å². The number of aromatic nitrogens is 6. The van der Waals surface area contributed by atoms with Crippen molar-refractivity contribution in [2.75, 3.05) is 38.4 Å². The molecule has 14 nitrogen and oxygen atoms in total. The van der Waals surface area contributed by atoms with Crippen LogP contribution in [0, 0.1) is 18.3 Å². The monoisotopic (exact) mass is 841 g/mol. The molecule has 4 atom stereocenters. The third-order valence-electron chi connectivity index (χ3n) is 12.6. The number of para-hydroxylation sites is 1. The summed E-state index contributed by atoms with van der Waals surface area (Å²) in [4.78, 5) is 37.4. The second kappa shape index (κ2) is 16.6. The van der Waals surface area contributed by atoms with Crippen molar-refractivity contribution in [2.24, 2.45) is 11.3 Å². The van der Waals surface area contributed by atoms with Gasteiger partial charge in [-0.05, 0) is 74.1 Å². The number of nitrogens with zero attached hydrogens (tertiary/aromatic N) is 8. The number of rotatable bonds is 13. The van der Waals surface area contributed by atoms with Crippen LogP contribution in [0.2, 0.25) is 0 Å². The summed E-state index contributed by atoms with van der Waals surface area (Å²) in [5, 5.41) is 33.0. The Morgan fingerprint density at radius 2 is 1.79 bits per heavy atom. The van der Waals surface area contributed by atoms with Gasteiger partial charge in [-0.15, -0.1) is 26.6 Å². The summed E-state index contributed by atoms with van der Waals surface area (Å²) in [7, 11) is 1.59. The Morgan fingerprint density at radius 3 is 2.52 bits per heavy atom. The molecule has 2 aliphatic heterocycles. The van der Waals surface area contributed by atoms with Gasteiger partial charge in [0.15, 0.2) is 6.79 Å². The summed E-state index contributed by atoms with van der Waals surface area (Å²) in [6.45, 7) is 10.0. The van der Waals surface area contributed by atoms with Crippen LogP contribution in [0.5, 0.6) is 5.75 Å². The predicted octanol–water partition coefficient (Wildman–Crippen LogP) is 6.72. The van der Waals surface area contributed by atoms with E-state index in [0.29, 0.717) is 5.75 Å². The minimum absolute atomic E-state index is 0.0880. The molecule has 1 saturated carbocycles. The lowest BCUT2D eigenvalue weighted by Gasteiger charge is -2.59. The van der Waals surface area contributed by atoms with Gasteiger partial charge in [-0.1, -0.05) is 61.5 Å². The van der Waals surface area contributed by atoms with Gasteiger partial charge in [0.25, 0.3) is 0 Å². The Labute approximate surface area is 358 Å². The zero-order chi connectivity index (χ0) is 42.4. The smallest absolute Gasteiger partial charge is 0.248 e. The number of carbonyl (C=O) groups is 2. The first kappa shape index (κ1) is 40.6. The molecule has 9 rings (SSSR count). The van der Waals surface area contributed by atoms with Gasteiger partial charge in [0.2, 0.25) is 11.8 Å². The van der Waals surface area contributed by atoms with E-state index in [9.17, 15) is 14.7 Å². The molecule has 3 fully saturated rings. The van der Waals surface area contributed by atoms with Crippen LogP contribution in [0.15, 0.2) is 84.5 Å². The lowest BCUT2D eigenvalue weighted by molar-refractivity contribution is -0.142. The standard InChI is InChI=1S/C46H51N9O5S/c1-27(2)42(45(58)54-21-35(56)18-40(54)44(57)48-28(3)30-10-12-31(13-11-30)43-29(4)47-25-61-43)55-22-39(51-52-55)33-19-46(20-33)23-53(24-46)34-15-14-32-16-38(50-49-37(32)17-34)36-8-6-7-9-41(36)60-26-59-5/h6-17,22,25,27-28,33,35,40,42,56H,18-21,23-24,26H2,1-5H3,(H,48,57)/t28?,35-,40+,42?/m1/s1. The van der Waals surface area contributed by atoms with Crippen LogP contribution >= 0.6 is 11.3 Å². The zero-order valence-electron chi connectivity index (χ0n) is 35.1. The second-order valence-corrected chi connectivity index (χ2v) is 18.2. The lowest BCUT2D eigenvalue weighted by atomic mass is 9.57. The van der Waals surface area contributed by atoms with Gasteiger partial charge < -0.3 is 29.7 Å². The first-order chi connectivity index (χ1) is 29.5. The average Bonchev–Trinajstić information content (AvgIpc) is 3.99. The number of benzene rings is 3. The van der Waals surface area contributed by atoms with Crippen LogP contribution in [0.25, 0.3) is 32.6 Å². The van der Waals surface area contributed by atoms with E-state index in [-0.39, 0.29) is 54.9 Å². The van der Waals surface area contributed by atoms with Gasteiger partial charge in [0.1, 0.15) is 17.8 Å². The molecule has 5 heterocycles. The maximum atomic E-state index is 14.3. The molecule has 2 N–H and O–H groups in total. The van der Waals surface area contributed by atoms with Crippen molar-refractivity contribution >= 4 is 39.7 Å². The Hall–Kier alpha value is -5.77. The zero-order valence-corrected chi connectivity index (χ0v) is 35.9. The van der Waals surface area contributed by atoms with Gasteiger partial charge in [0.05, 0.1) is 45.1 Å². The number of hydrogen-bond acceptors (Lipinski definition) is 12.